The first-order valence-electron chi connectivity index (χ1n) is 10.7. The van der Waals surface area contributed by atoms with Crippen molar-refractivity contribution in [2.24, 2.45) is 5.92 Å². The normalized spacial score (nSPS) is 11.8. The van der Waals surface area contributed by atoms with E-state index in [-0.39, 0.29) is 30.8 Å². The van der Waals surface area contributed by atoms with Crippen LogP contribution < -0.4 is 10.1 Å². The molecule has 0 radical (unpaired) electrons. The second kappa shape index (κ2) is 11.5. The predicted molar refractivity (Wildman–Crippen MR) is 120 cm³/mol. The van der Waals surface area contributed by atoms with E-state index in [9.17, 15) is 14.0 Å². The van der Waals surface area contributed by atoms with Gasteiger partial charge in [0, 0.05) is 13.1 Å². The molecule has 1 atom stereocenters. The van der Waals surface area contributed by atoms with Crippen LogP contribution in [0, 0.1) is 25.6 Å². The molecule has 0 spiro atoms. The highest BCUT2D eigenvalue weighted by molar-refractivity contribution is 5.88. The van der Waals surface area contributed by atoms with Crippen molar-refractivity contribution in [1.29, 1.82) is 0 Å². The van der Waals surface area contributed by atoms with Gasteiger partial charge >= 0.3 is 0 Å². The zero-order chi connectivity index (χ0) is 23.0. The van der Waals surface area contributed by atoms with E-state index in [0.29, 0.717) is 24.6 Å². The smallest absolute Gasteiger partial charge is 0.261 e. The molecule has 0 aliphatic heterocycles. The van der Waals surface area contributed by atoms with E-state index in [0.717, 1.165) is 16.7 Å². The van der Waals surface area contributed by atoms with E-state index >= 15 is 0 Å². The van der Waals surface area contributed by atoms with E-state index in [1.807, 2.05) is 52.8 Å². The first-order chi connectivity index (χ1) is 14.7. The van der Waals surface area contributed by atoms with Crippen LogP contribution in [0.3, 0.4) is 0 Å². The van der Waals surface area contributed by atoms with Crippen LogP contribution >= 0.6 is 0 Å². The second-order valence-corrected chi connectivity index (χ2v) is 8.25. The third-order valence-corrected chi connectivity index (χ3v) is 5.18. The molecule has 5 nitrogen and oxygen atoms in total. The summed E-state index contributed by atoms with van der Waals surface area (Å²) in [7, 11) is 0. The van der Waals surface area contributed by atoms with Gasteiger partial charge in [0.15, 0.2) is 6.61 Å². The molecule has 2 aromatic rings. The van der Waals surface area contributed by atoms with Crippen molar-refractivity contribution in [2.45, 2.75) is 53.6 Å². The molecule has 0 bridgehead atoms. The highest BCUT2D eigenvalue weighted by Crippen LogP contribution is 2.18. The first kappa shape index (κ1) is 24.4. The Labute approximate surface area is 184 Å². The van der Waals surface area contributed by atoms with Gasteiger partial charge in [-0.3, -0.25) is 9.59 Å². The summed E-state index contributed by atoms with van der Waals surface area (Å²) in [5, 5.41) is 2.92. The van der Waals surface area contributed by atoms with Gasteiger partial charge in [-0.25, -0.2) is 4.39 Å². The van der Waals surface area contributed by atoms with Gasteiger partial charge in [0.05, 0.1) is 0 Å². The van der Waals surface area contributed by atoms with E-state index in [1.165, 1.54) is 17.0 Å². The highest BCUT2D eigenvalue weighted by Gasteiger charge is 2.29. The van der Waals surface area contributed by atoms with E-state index < -0.39 is 6.04 Å². The quantitative estimate of drug-likeness (QED) is 0.610. The molecule has 2 rings (SSSR count). The molecule has 2 amide bonds. The zero-order valence-corrected chi connectivity index (χ0v) is 19.1. The molecule has 0 fully saturated rings. The lowest BCUT2D eigenvalue weighted by Gasteiger charge is -2.30. The molecule has 0 aliphatic carbocycles. The Kier molecular flexibility index (Phi) is 9.03. The fourth-order valence-electron chi connectivity index (χ4n) is 3.16. The second-order valence-electron chi connectivity index (χ2n) is 8.25. The third-order valence-electron chi connectivity index (χ3n) is 5.18. The standard InChI is InChI=1S/C25H33FN2O3/c1-6-23(25(30)27-14-17(2)3)28(15-20-8-10-21(26)11-9-20)24(29)16-31-22-12-7-18(4)19(5)13-22/h7-13,17,23H,6,14-16H2,1-5H3,(H,27,30)/t23-/m0/s1. The van der Waals surface area contributed by atoms with E-state index in [4.69, 9.17) is 4.74 Å². The largest absolute Gasteiger partial charge is 0.484 e. The van der Waals surface area contributed by atoms with Crippen LogP contribution in [0.1, 0.15) is 43.9 Å². The third kappa shape index (κ3) is 7.39. The summed E-state index contributed by atoms with van der Waals surface area (Å²) in [6, 6.07) is 11.0. The molecule has 0 aliphatic rings. The van der Waals surface area contributed by atoms with E-state index in [2.05, 4.69) is 5.32 Å². The SMILES string of the molecule is CC[C@@H](C(=O)NCC(C)C)N(Cc1ccc(F)cc1)C(=O)COc1ccc(C)c(C)c1. The lowest BCUT2D eigenvalue weighted by Crippen LogP contribution is -2.50. The van der Waals surface area contributed by atoms with E-state index in [1.54, 1.807) is 12.1 Å². The number of hydrogen-bond acceptors (Lipinski definition) is 3. The van der Waals surface area contributed by atoms with Gasteiger partial charge in [-0.15, -0.1) is 0 Å². The topological polar surface area (TPSA) is 58.6 Å². The Morgan fingerprint density at radius 1 is 1.06 bits per heavy atom. The van der Waals surface area contributed by atoms with Crippen LogP contribution in [0.5, 0.6) is 5.75 Å². The number of hydrogen-bond donors (Lipinski definition) is 1. The van der Waals surface area contributed by atoms with Crippen molar-refractivity contribution < 1.29 is 18.7 Å². The van der Waals surface area contributed by atoms with Crippen molar-refractivity contribution in [2.75, 3.05) is 13.2 Å². The first-order valence-corrected chi connectivity index (χ1v) is 10.7. The van der Waals surface area contributed by atoms with Crippen molar-refractivity contribution in [3.05, 3.63) is 65.0 Å². The summed E-state index contributed by atoms with van der Waals surface area (Å²) in [4.78, 5) is 27.5. The molecule has 168 valence electrons. The van der Waals surface area contributed by atoms with Gasteiger partial charge in [-0.05, 0) is 67.1 Å². The average molecular weight is 429 g/mol. The number of ether oxygens (including phenoxy) is 1. The number of carbonyl (C=O) groups is 2. The number of aryl methyl sites for hydroxylation is 2. The Bertz CT molecular complexity index is 881. The summed E-state index contributed by atoms with van der Waals surface area (Å²) in [5.41, 5.74) is 2.97. The molecule has 0 aromatic heterocycles. The minimum absolute atomic E-state index is 0.183. The van der Waals surface area contributed by atoms with Crippen LogP contribution in [-0.4, -0.2) is 35.9 Å². The summed E-state index contributed by atoms with van der Waals surface area (Å²) >= 11 is 0. The fourth-order valence-corrected chi connectivity index (χ4v) is 3.16. The van der Waals surface area contributed by atoms with Crippen molar-refractivity contribution >= 4 is 11.8 Å². The number of rotatable bonds is 10. The summed E-state index contributed by atoms with van der Waals surface area (Å²) < 4.78 is 19.0. The number of carbonyl (C=O) groups excluding carboxylic acids is 2. The molecule has 0 heterocycles. The van der Waals surface area contributed by atoms with Crippen LogP contribution in [0.25, 0.3) is 0 Å². The maximum absolute atomic E-state index is 13.3. The predicted octanol–water partition coefficient (Wildman–Crippen LogP) is 4.40. The maximum Gasteiger partial charge on any atom is 0.261 e. The molecule has 0 saturated heterocycles. The fraction of sp³-hybridized carbons (Fsp3) is 0.440. The maximum atomic E-state index is 13.3. The summed E-state index contributed by atoms with van der Waals surface area (Å²) in [6.45, 7) is 10.4. The van der Waals surface area contributed by atoms with Crippen LogP contribution in [0.15, 0.2) is 42.5 Å². The van der Waals surface area contributed by atoms with Gasteiger partial charge in [-0.1, -0.05) is 39.0 Å². The minimum Gasteiger partial charge on any atom is -0.484 e. The summed E-state index contributed by atoms with van der Waals surface area (Å²) in [5.74, 6) is 0.0691. The number of benzene rings is 2. The number of amides is 2. The Balaban J connectivity index is 2.19. The average Bonchev–Trinajstić information content (AvgIpc) is 2.74. The zero-order valence-electron chi connectivity index (χ0n) is 19.1. The van der Waals surface area contributed by atoms with Crippen LogP contribution in [0.2, 0.25) is 0 Å². The lowest BCUT2D eigenvalue weighted by atomic mass is 10.1. The molecule has 0 unspecified atom stereocenters. The molecule has 1 N–H and O–H groups in total. The highest BCUT2D eigenvalue weighted by atomic mass is 19.1. The molecule has 6 heteroatoms. The van der Waals surface area contributed by atoms with Crippen LogP contribution in [-0.2, 0) is 16.1 Å². The monoisotopic (exact) mass is 428 g/mol. The molecular weight excluding hydrogens is 395 g/mol. The van der Waals surface area contributed by atoms with Crippen molar-refractivity contribution in [3.8, 4) is 5.75 Å². The summed E-state index contributed by atoms with van der Waals surface area (Å²) in [6.07, 6.45) is 0.459. The van der Waals surface area contributed by atoms with Gasteiger partial charge in [-0.2, -0.15) is 0 Å². The number of nitrogens with one attached hydrogen (secondary N) is 1. The van der Waals surface area contributed by atoms with Crippen molar-refractivity contribution in [1.82, 2.24) is 10.2 Å². The molecular formula is C25H33FN2O3. The van der Waals surface area contributed by atoms with Gasteiger partial charge in [0.25, 0.3) is 5.91 Å². The Morgan fingerprint density at radius 3 is 2.32 bits per heavy atom. The van der Waals surface area contributed by atoms with Crippen LogP contribution in [0.4, 0.5) is 4.39 Å². The Hall–Kier alpha value is -2.89. The van der Waals surface area contributed by atoms with Gasteiger partial charge in [0.2, 0.25) is 5.91 Å². The Morgan fingerprint density at radius 2 is 1.74 bits per heavy atom. The number of halogens is 1. The minimum atomic E-state index is -0.639. The van der Waals surface area contributed by atoms with Crippen molar-refractivity contribution in [3.63, 3.8) is 0 Å². The lowest BCUT2D eigenvalue weighted by molar-refractivity contribution is -0.143. The number of nitrogens with zero attached hydrogens (tertiary/aromatic N) is 1. The molecule has 2 aromatic carbocycles. The molecule has 31 heavy (non-hydrogen) atoms. The molecule has 0 saturated carbocycles. The van der Waals surface area contributed by atoms with Gasteiger partial charge in [0.1, 0.15) is 17.6 Å². The van der Waals surface area contributed by atoms with Gasteiger partial charge < -0.3 is 15.0 Å².